The van der Waals surface area contributed by atoms with E-state index in [-0.39, 0.29) is 11.8 Å². The molecule has 2 amide bonds. The quantitative estimate of drug-likeness (QED) is 0.702. The van der Waals surface area contributed by atoms with Crippen LogP contribution in [0.2, 0.25) is 5.02 Å². The first kappa shape index (κ1) is 22.2. The summed E-state index contributed by atoms with van der Waals surface area (Å²) < 4.78 is 0. The topological polar surface area (TPSA) is 52.7 Å². The molecule has 2 aromatic rings. The van der Waals surface area contributed by atoms with E-state index in [0.717, 1.165) is 43.1 Å². The Balaban J connectivity index is 1.46. The molecule has 3 rings (SSSR count). The van der Waals surface area contributed by atoms with Crippen molar-refractivity contribution in [1.82, 2.24) is 4.90 Å². The summed E-state index contributed by atoms with van der Waals surface area (Å²) in [5.74, 6) is 0.613. The van der Waals surface area contributed by atoms with Crippen LogP contribution in [0.3, 0.4) is 0 Å². The summed E-state index contributed by atoms with van der Waals surface area (Å²) in [5.41, 5.74) is 2.88. The highest BCUT2D eigenvalue weighted by molar-refractivity contribution is 6.31. The summed E-state index contributed by atoms with van der Waals surface area (Å²) in [5, 5.41) is 3.64. The number of benzene rings is 2. The highest BCUT2D eigenvalue weighted by Gasteiger charge is 2.21. The van der Waals surface area contributed by atoms with Crippen LogP contribution in [0.25, 0.3) is 0 Å². The summed E-state index contributed by atoms with van der Waals surface area (Å²) in [6.45, 7) is 7.32. The Labute approximate surface area is 184 Å². The van der Waals surface area contributed by atoms with Crippen molar-refractivity contribution >= 4 is 34.8 Å². The number of aryl methyl sites for hydroxylation is 1. The molecule has 0 spiro atoms. The lowest BCUT2D eigenvalue weighted by atomic mass is 10.1. The molecule has 1 N–H and O–H groups in total. The number of rotatable bonds is 7. The van der Waals surface area contributed by atoms with Crippen molar-refractivity contribution in [3.8, 4) is 0 Å². The van der Waals surface area contributed by atoms with Gasteiger partial charge in [-0.2, -0.15) is 0 Å². The van der Waals surface area contributed by atoms with Gasteiger partial charge in [-0.3, -0.25) is 9.59 Å². The molecule has 30 heavy (non-hydrogen) atoms. The van der Waals surface area contributed by atoms with Gasteiger partial charge in [0, 0.05) is 55.4 Å². The van der Waals surface area contributed by atoms with Crippen molar-refractivity contribution in [2.24, 2.45) is 5.92 Å². The molecule has 0 aliphatic carbocycles. The molecule has 0 bridgehead atoms. The Morgan fingerprint density at radius 2 is 1.67 bits per heavy atom. The van der Waals surface area contributed by atoms with Gasteiger partial charge in [-0.05, 0) is 48.2 Å². The number of carbonyl (C=O) groups is 2. The highest BCUT2D eigenvalue weighted by atomic mass is 35.5. The largest absolute Gasteiger partial charge is 0.368 e. The summed E-state index contributed by atoms with van der Waals surface area (Å²) in [6.07, 6.45) is 1.62. The van der Waals surface area contributed by atoms with Gasteiger partial charge in [0.1, 0.15) is 0 Å². The number of amides is 2. The van der Waals surface area contributed by atoms with Gasteiger partial charge in [-0.15, -0.1) is 0 Å². The number of hydrogen-bond acceptors (Lipinski definition) is 3. The molecule has 1 saturated heterocycles. The van der Waals surface area contributed by atoms with Crippen molar-refractivity contribution < 1.29 is 9.59 Å². The van der Waals surface area contributed by atoms with Crippen LogP contribution in [-0.4, -0.2) is 42.9 Å². The minimum Gasteiger partial charge on any atom is -0.368 e. The molecule has 6 heteroatoms. The number of carbonyl (C=O) groups excluding carboxylic acids is 2. The fraction of sp³-hybridized carbons (Fsp3) is 0.417. The van der Waals surface area contributed by atoms with E-state index >= 15 is 0 Å². The number of nitrogens with one attached hydrogen (secondary N) is 1. The zero-order valence-corrected chi connectivity index (χ0v) is 18.5. The van der Waals surface area contributed by atoms with Crippen molar-refractivity contribution in [3.05, 3.63) is 59.1 Å². The number of halogens is 1. The van der Waals surface area contributed by atoms with E-state index in [0.29, 0.717) is 30.2 Å². The van der Waals surface area contributed by atoms with Gasteiger partial charge in [0.05, 0.1) is 0 Å². The molecule has 0 saturated carbocycles. The Morgan fingerprint density at radius 1 is 1.00 bits per heavy atom. The van der Waals surface area contributed by atoms with Crippen LogP contribution in [0.15, 0.2) is 48.5 Å². The lowest BCUT2D eigenvalue weighted by Gasteiger charge is -2.36. The Kier molecular flexibility index (Phi) is 7.75. The van der Waals surface area contributed by atoms with Crippen LogP contribution in [0.1, 0.15) is 32.3 Å². The zero-order chi connectivity index (χ0) is 21.5. The second-order valence-electron chi connectivity index (χ2n) is 8.15. The van der Waals surface area contributed by atoms with Crippen LogP contribution in [0, 0.1) is 5.92 Å². The van der Waals surface area contributed by atoms with Gasteiger partial charge in [0.2, 0.25) is 11.8 Å². The molecule has 0 aromatic heterocycles. The first-order valence-corrected chi connectivity index (χ1v) is 11.0. The fourth-order valence-corrected chi connectivity index (χ4v) is 3.85. The Hall–Kier alpha value is -2.53. The minimum atomic E-state index is -0.0278. The van der Waals surface area contributed by atoms with E-state index in [1.54, 1.807) is 0 Å². The normalized spacial score (nSPS) is 14.1. The standard InChI is InChI=1S/C24H30ClN3O2/c1-18(2)17-24(30)28-15-13-27(14-16-28)21-10-8-20(9-11-21)26-23(29)12-7-19-5-3-4-6-22(19)25/h3-6,8-11,18H,7,12-17H2,1-2H3,(H,26,29). The van der Waals surface area contributed by atoms with Gasteiger partial charge >= 0.3 is 0 Å². The molecular formula is C24H30ClN3O2. The van der Waals surface area contributed by atoms with Crippen molar-refractivity contribution in [3.63, 3.8) is 0 Å². The summed E-state index contributed by atoms with van der Waals surface area (Å²) in [4.78, 5) is 28.7. The third-order valence-electron chi connectivity index (χ3n) is 5.31. The van der Waals surface area contributed by atoms with Gasteiger partial charge in [-0.25, -0.2) is 0 Å². The van der Waals surface area contributed by atoms with E-state index in [9.17, 15) is 9.59 Å². The van der Waals surface area contributed by atoms with E-state index < -0.39 is 0 Å². The highest BCUT2D eigenvalue weighted by Crippen LogP contribution is 2.21. The third kappa shape index (κ3) is 6.23. The maximum atomic E-state index is 12.3. The van der Waals surface area contributed by atoms with Crippen LogP contribution in [-0.2, 0) is 16.0 Å². The number of anilines is 2. The SMILES string of the molecule is CC(C)CC(=O)N1CCN(c2ccc(NC(=O)CCc3ccccc3Cl)cc2)CC1. The second kappa shape index (κ2) is 10.5. The smallest absolute Gasteiger partial charge is 0.224 e. The predicted molar refractivity (Wildman–Crippen MR) is 123 cm³/mol. The van der Waals surface area contributed by atoms with Crippen LogP contribution < -0.4 is 10.2 Å². The lowest BCUT2D eigenvalue weighted by molar-refractivity contribution is -0.132. The van der Waals surface area contributed by atoms with Gasteiger partial charge in [0.15, 0.2) is 0 Å². The Morgan fingerprint density at radius 3 is 2.30 bits per heavy atom. The molecule has 1 aliphatic heterocycles. The zero-order valence-electron chi connectivity index (χ0n) is 17.7. The molecule has 5 nitrogen and oxygen atoms in total. The molecule has 1 heterocycles. The number of hydrogen-bond donors (Lipinski definition) is 1. The molecule has 2 aromatic carbocycles. The maximum absolute atomic E-state index is 12.3. The molecule has 1 aliphatic rings. The van der Waals surface area contributed by atoms with Crippen LogP contribution >= 0.6 is 11.6 Å². The average Bonchev–Trinajstić information content (AvgIpc) is 2.73. The van der Waals surface area contributed by atoms with Gasteiger partial charge in [-0.1, -0.05) is 43.6 Å². The second-order valence-corrected chi connectivity index (χ2v) is 8.56. The summed E-state index contributed by atoms with van der Waals surface area (Å²) in [6, 6.07) is 15.5. The molecule has 1 fully saturated rings. The fourth-order valence-electron chi connectivity index (χ4n) is 3.62. The maximum Gasteiger partial charge on any atom is 0.224 e. The summed E-state index contributed by atoms with van der Waals surface area (Å²) >= 11 is 6.15. The molecule has 0 unspecified atom stereocenters. The summed E-state index contributed by atoms with van der Waals surface area (Å²) in [7, 11) is 0. The van der Waals surface area contributed by atoms with E-state index in [1.165, 1.54) is 0 Å². The monoisotopic (exact) mass is 427 g/mol. The average molecular weight is 428 g/mol. The molecule has 0 atom stereocenters. The molecule has 0 radical (unpaired) electrons. The third-order valence-corrected chi connectivity index (χ3v) is 5.68. The number of piperazine rings is 1. The molecular weight excluding hydrogens is 398 g/mol. The first-order valence-electron chi connectivity index (χ1n) is 10.6. The number of nitrogens with zero attached hydrogens (tertiary/aromatic N) is 2. The predicted octanol–water partition coefficient (Wildman–Crippen LogP) is 4.61. The van der Waals surface area contributed by atoms with Gasteiger partial charge < -0.3 is 15.1 Å². The lowest BCUT2D eigenvalue weighted by Crippen LogP contribution is -2.49. The van der Waals surface area contributed by atoms with E-state index in [2.05, 4.69) is 24.1 Å². The van der Waals surface area contributed by atoms with E-state index in [1.807, 2.05) is 53.4 Å². The van der Waals surface area contributed by atoms with Gasteiger partial charge in [0.25, 0.3) is 0 Å². The first-order chi connectivity index (χ1) is 14.4. The minimum absolute atomic E-state index is 0.0278. The van der Waals surface area contributed by atoms with Crippen molar-refractivity contribution in [2.75, 3.05) is 36.4 Å². The molecule has 160 valence electrons. The van der Waals surface area contributed by atoms with Crippen molar-refractivity contribution in [2.45, 2.75) is 33.1 Å². The Bertz CT molecular complexity index is 859. The van der Waals surface area contributed by atoms with Crippen molar-refractivity contribution in [1.29, 1.82) is 0 Å². The van der Waals surface area contributed by atoms with Crippen LogP contribution in [0.5, 0.6) is 0 Å². The van der Waals surface area contributed by atoms with Crippen LogP contribution in [0.4, 0.5) is 11.4 Å². The van der Waals surface area contributed by atoms with E-state index in [4.69, 9.17) is 11.6 Å².